The fraction of sp³-hybridized carbons (Fsp3) is 0.471. The number of ether oxygens (including phenoxy) is 2. The highest BCUT2D eigenvalue weighted by atomic mass is 16.6. The van der Waals surface area contributed by atoms with E-state index in [1.54, 1.807) is 18.3 Å². The topological polar surface area (TPSA) is 38.8 Å². The van der Waals surface area contributed by atoms with Crippen molar-refractivity contribution in [2.45, 2.75) is 32.8 Å². The van der Waals surface area contributed by atoms with Gasteiger partial charge < -0.3 is 9.47 Å². The number of carbonyl (C=O) groups excluding carboxylic acids is 1. The van der Waals surface area contributed by atoms with Crippen molar-refractivity contribution in [2.75, 3.05) is 18.6 Å². The lowest BCUT2D eigenvalue weighted by molar-refractivity contribution is 0.0574. The predicted octanol–water partition coefficient (Wildman–Crippen LogP) is 3.76. The molecule has 0 saturated heterocycles. The largest absolute Gasteiger partial charge is 0.505 e. The molecule has 0 saturated carbocycles. The lowest BCUT2D eigenvalue weighted by Crippen LogP contribution is -2.42. The molecule has 0 radical (unpaired) electrons. The Bertz CT molecular complexity index is 531. The Kier molecular flexibility index (Phi) is 4.56. The molecule has 0 bridgehead atoms. The van der Waals surface area contributed by atoms with Crippen molar-refractivity contribution >= 4 is 11.8 Å². The molecular weight excluding hydrogens is 266 g/mol. The van der Waals surface area contributed by atoms with Crippen molar-refractivity contribution < 1.29 is 14.3 Å². The average molecular weight is 289 g/mol. The number of nitrogens with zero attached hydrogens (tertiary/aromatic N) is 1. The summed E-state index contributed by atoms with van der Waals surface area (Å²) >= 11 is 0. The number of methoxy groups -OCH3 is 1. The van der Waals surface area contributed by atoms with Crippen molar-refractivity contribution in [2.24, 2.45) is 5.92 Å². The SMILES string of the molecule is CO/C=C/C1Cc2ccccc2N(C(=O)OC(C)(C)C)C1. The second kappa shape index (κ2) is 6.20. The summed E-state index contributed by atoms with van der Waals surface area (Å²) < 4.78 is 10.5. The molecule has 0 aliphatic carbocycles. The van der Waals surface area contributed by atoms with Crippen LogP contribution >= 0.6 is 0 Å². The molecule has 1 aliphatic rings. The lowest BCUT2D eigenvalue weighted by Gasteiger charge is -2.34. The number of fused-ring (bicyclic) bond motifs is 1. The molecule has 1 aliphatic heterocycles. The van der Waals surface area contributed by atoms with Gasteiger partial charge in [-0.1, -0.05) is 18.2 Å². The van der Waals surface area contributed by atoms with E-state index in [-0.39, 0.29) is 12.0 Å². The van der Waals surface area contributed by atoms with Gasteiger partial charge in [0.1, 0.15) is 5.60 Å². The molecular formula is C17H23NO3. The third-order valence-electron chi connectivity index (χ3n) is 3.28. The van der Waals surface area contributed by atoms with Gasteiger partial charge in [0.25, 0.3) is 0 Å². The zero-order chi connectivity index (χ0) is 15.5. The fourth-order valence-corrected chi connectivity index (χ4v) is 2.44. The third kappa shape index (κ3) is 4.00. The minimum absolute atomic E-state index is 0.229. The van der Waals surface area contributed by atoms with Crippen molar-refractivity contribution in [3.05, 3.63) is 42.2 Å². The van der Waals surface area contributed by atoms with Gasteiger partial charge in [0.2, 0.25) is 0 Å². The Hall–Kier alpha value is -1.97. The van der Waals surface area contributed by atoms with Gasteiger partial charge >= 0.3 is 6.09 Å². The monoisotopic (exact) mass is 289 g/mol. The summed E-state index contributed by atoms with van der Waals surface area (Å²) in [5, 5.41) is 0. The summed E-state index contributed by atoms with van der Waals surface area (Å²) in [5.41, 5.74) is 1.59. The van der Waals surface area contributed by atoms with Crippen LogP contribution in [0.2, 0.25) is 0 Å². The van der Waals surface area contributed by atoms with Crippen LogP contribution in [-0.4, -0.2) is 25.3 Å². The minimum atomic E-state index is -0.499. The molecule has 4 nitrogen and oxygen atoms in total. The molecule has 0 aromatic heterocycles. The first-order chi connectivity index (χ1) is 9.90. The summed E-state index contributed by atoms with van der Waals surface area (Å²) in [6.07, 6.45) is 4.26. The Morgan fingerprint density at radius 2 is 2.05 bits per heavy atom. The van der Waals surface area contributed by atoms with Crippen molar-refractivity contribution in [3.8, 4) is 0 Å². The first-order valence-electron chi connectivity index (χ1n) is 7.18. The van der Waals surface area contributed by atoms with Crippen LogP contribution in [0.15, 0.2) is 36.6 Å². The van der Waals surface area contributed by atoms with E-state index in [9.17, 15) is 4.79 Å². The standard InChI is InChI=1S/C17H23NO3/c1-17(2,3)21-16(19)18-12-13(9-10-20-4)11-14-7-5-6-8-15(14)18/h5-10,13H,11-12H2,1-4H3/b10-9+. The van der Waals surface area contributed by atoms with Crippen molar-refractivity contribution in [1.82, 2.24) is 0 Å². The molecule has 1 aromatic carbocycles. The number of hydrogen-bond donors (Lipinski definition) is 0. The number of anilines is 1. The zero-order valence-corrected chi connectivity index (χ0v) is 13.1. The maximum atomic E-state index is 12.4. The molecule has 4 heteroatoms. The van der Waals surface area contributed by atoms with E-state index in [4.69, 9.17) is 9.47 Å². The molecule has 21 heavy (non-hydrogen) atoms. The zero-order valence-electron chi connectivity index (χ0n) is 13.1. The van der Waals surface area contributed by atoms with E-state index in [1.807, 2.05) is 45.0 Å². The van der Waals surface area contributed by atoms with E-state index >= 15 is 0 Å². The second-order valence-corrected chi connectivity index (χ2v) is 6.25. The molecule has 0 spiro atoms. The van der Waals surface area contributed by atoms with Crippen LogP contribution in [-0.2, 0) is 15.9 Å². The minimum Gasteiger partial charge on any atom is -0.505 e. The van der Waals surface area contributed by atoms with Gasteiger partial charge in [-0.2, -0.15) is 0 Å². The highest BCUT2D eigenvalue weighted by Gasteiger charge is 2.30. The average Bonchev–Trinajstić information content (AvgIpc) is 2.42. The van der Waals surface area contributed by atoms with E-state index in [0.717, 1.165) is 17.7 Å². The number of benzene rings is 1. The lowest BCUT2D eigenvalue weighted by atomic mass is 9.93. The normalized spacial score (nSPS) is 18.5. The van der Waals surface area contributed by atoms with Gasteiger partial charge in [-0.3, -0.25) is 4.90 Å². The van der Waals surface area contributed by atoms with Gasteiger partial charge in [-0.05, 0) is 44.9 Å². The second-order valence-electron chi connectivity index (χ2n) is 6.25. The van der Waals surface area contributed by atoms with Crippen LogP contribution in [0.1, 0.15) is 26.3 Å². The summed E-state index contributed by atoms with van der Waals surface area (Å²) in [5.74, 6) is 0.229. The molecule has 1 amide bonds. The number of amides is 1. The first kappa shape index (κ1) is 15.4. The first-order valence-corrected chi connectivity index (χ1v) is 7.18. The molecule has 1 atom stereocenters. The van der Waals surface area contributed by atoms with Crippen LogP contribution in [0.3, 0.4) is 0 Å². The molecule has 1 aromatic rings. The van der Waals surface area contributed by atoms with Crippen LogP contribution in [0.25, 0.3) is 0 Å². The maximum Gasteiger partial charge on any atom is 0.414 e. The van der Waals surface area contributed by atoms with Gasteiger partial charge in [0, 0.05) is 12.5 Å². The molecule has 114 valence electrons. The molecule has 1 heterocycles. The third-order valence-corrected chi connectivity index (χ3v) is 3.28. The molecule has 1 unspecified atom stereocenters. The summed E-state index contributed by atoms with van der Waals surface area (Å²) in [4.78, 5) is 14.2. The number of carbonyl (C=O) groups is 1. The van der Waals surface area contributed by atoms with Crippen LogP contribution in [0.5, 0.6) is 0 Å². The Morgan fingerprint density at radius 3 is 2.71 bits per heavy atom. The van der Waals surface area contributed by atoms with E-state index in [1.165, 1.54) is 0 Å². The summed E-state index contributed by atoms with van der Waals surface area (Å²) in [6, 6.07) is 7.96. The van der Waals surface area contributed by atoms with Gasteiger partial charge in [0.15, 0.2) is 0 Å². The number of para-hydroxylation sites is 1. The van der Waals surface area contributed by atoms with Crippen LogP contribution < -0.4 is 4.90 Å². The Balaban J connectivity index is 2.26. The van der Waals surface area contributed by atoms with Gasteiger partial charge in [-0.25, -0.2) is 4.79 Å². The smallest absolute Gasteiger partial charge is 0.414 e. The Labute approximate surface area is 126 Å². The number of hydrogen-bond acceptors (Lipinski definition) is 3. The molecule has 0 N–H and O–H groups in total. The number of rotatable bonds is 2. The quantitative estimate of drug-likeness (QED) is 0.778. The van der Waals surface area contributed by atoms with Gasteiger partial charge in [-0.15, -0.1) is 0 Å². The highest BCUT2D eigenvalue weighted by Crippen LogP contribution is 2.31. The molecule has 2 rings (SSSR count). The molecule has 0 fully saturated rings. The van der Waals surface area contributed by atoms with E-state index in [0.29, 0.717) is 6.54 Å². The van der Waals surface area contributed by atoms with E-state index < -0.39 is 5.60 Å². The van der Waals surface area contributed by atoms with Crippen LogP contribution in [0, 0.1) is 5.92 Å². The van der Waals surface area contributed by atoms with Gasteiger partial charge in [0.05, 0.1) is 19.1 Å². The fourth-order valence-electron chi connectivity index (χ4n) is 2.44. The maximum absolute atomic E-state index is 12.4. The summed E-state index contributed by atoms with van der Waals surface area (Å²) in [6.45, 7) is 6.24. The highest BCUT2D eigenvalue weighted by molar-refractivity contribution is 5.89. The van der Waals surface area contributed by atoms with Crippen LogP contribution in [0.4, 0.5) is 10.5 Å². The van der Waals surface area contributed by atoms with Crippen molar-refractivity contribution in [1.29, 1.82) is 0 Å². The van der Waals surface area contributed by atoms with Crippen molar-refractivity contribution in [3.63, 3.8) is 0 Å². The van der Waals surface area contributed by atoms with E-state index in [2.05, 4.69) is 6.07 Å². The summed E-state index contributed by atoms with van der Waals surface area (Å²) in [7, 11) is 1.62. The Morgan fingerprint density at radius 1 is 1.33 bits per heavy atom. The predicted molar refractivity (Wildman–Crippen MR) is 83.4 cm³/mol.